The molecule has 1 atom stereocenters. The minimum Gasteiger partial charge on any atom is -0.274 e. The van der Waals surface area contributed by atoms with Crippen molar-refractivity contribution in [3.8, 4) is 0 Å². The summed E-state index contributed by atoms with van der Waals surface area (Å²) >= 11 is 11.9. The van der Waals surface area contributed by atoms with Gasteiger partial charge >= 0.3 is 9.24 Å². The smallest absolute Gasteiger partial charge is 0.274 e. The average Bonchev–Trinajstić information content (AvgIpc) is 2.12. The van der Waals surface area contributed by atoms with Gasteiger partial charge in [-0.25, -0.2) is 4.31 Å². The molecule has 8 heteroatoms. The summed E-state index contributed by atoms with van der Waals surface area (Å²) in [6, 6.07) is 4.06. The molecule has 1 fully saturated rings. The van der Waals surface area contributed by atoms with E-state index in [1.807, 2.05) is 0 Å². The maximum atomic E-state index is 11.3. The molecular weight excluding hydrogens is 309 g/mol. The summed E-state index contributed by atoms with van der Waals surface area (Å²) < 4.78 is 23.0. The zero-order chi connectivity index (χ0) is 12.8. The van der Waals surface area contributed by atoms with Crippen LogP contribution in [0.4, 0.5) is 0 Å². The average molecular weight is 315 g/mol. The standard InChI is InChI=1S/C9H6Cl3NO3S/c10-5-2-1-3-6(11)9(5)7-4-8(14)13(7)17(12,15)16/h1-3,7H,4H2. The van der Waals surface area contributed by atoms with E-state index in [0.717, 1.165) is 0 Å². The minimum atomic E-state index is -4.11. The van der Waals surface area contributed by atoms with Crippen LogP contribution in [-0.2, 0) is 14.0 Å². The Bertz CT molecular complexity index is 567. The van der Waals surface area contributed by atoms with Crippen molar-refractivity contribution < 1.29 is 13.2 Å². The number of rotatable bonds is 2. The fourth-order valence-electron chi connectivity index (χ4n) is 1.72. The molecule has 0 radical (unpaired) electrons. The number of amides is 1. The second-order valence-corrected chi connectivity index (χ2v) is 6.69. The Kier molecular flexibility index (Phi) is 3.29. The van der Waals surface area contributed by atoms with Crippen LogP contribution in [0.2, 0.25) is 10.0 Å². The molecule has 0 N–H and O–H groups in total. The van der Waals surface area contributed by atoms with E-state index in [1.165, 1.54) is 0 Å². The van der Waals surface area contributed by atoms with E-state index in [9.17, 15) is 13.2 Å². The predicted octanol–water partition coefficient (Wildman–Crippen LogP) is 2.75. The summed E-state index contributed by atoms with van der Waals surface area (Å²) in [5.74, 6) is -0.569. The summed E-state index contributed by atoms with van der Waals surface area (Å²) in [5.41, 5.74) is 0.402. The van der Waals surface area contributed by atoms with Gasteiger partial charge in [-0.2, -0.15) is 8.42 Å². The van der Waals surface area contributed by atoms with Crippen molar-refractivity contribution in [3.63, 3.8) is 0 Å². The molecule has 1 amide bonds. The number of halogens is 3. The second-order valence-electron chi connectivity index (χ2n) is 3.49. The quantitative estimate of drug-likeness (QED) is 0.623. The van der Waals surface area contributed by atoms with Gasteiger partial charge < -0.3 is 0 Å². The van der Waals surface area contributed by atoms with Gasteiger partial charge in [0.2, 0.25) is 5.91 Å². The number of carbonyl (C=O) groups is 1. The molecule has 1 aromatic carbocycles. The van der Waals surface area contributed by atoms with E-state index in [4.69, 9.17) is 33.9 Å². The van der Waals surface area contributed by atoms with Gasteiger partial charge in [-0.3, -0.25) is 4.79 Å². The molecule has 0 saturated carbocycles. The fraction of sp³-hybridized carbons (Fsp3) is 0.222. The predicted molar refractivity (Wildman–Crippen MR) is 65.4 cm³/mol. The molecule has 0 aromatic heterocycles. The number of carbonyl (C=O) groups excluding carboxylic acids is 1. The summed E-state index contributed by atoms with van der Waals surface area (Å²) in [4.78, 5) is 11.3. The van der Waals surface area contributed by atoms with Crippen LogP contribution in [0.3, 0.4) is 0 Å². The molecule has 17 heavy (non-hydrogen) atoms. The van der Waals surface area contributed by atoms with Crippen molar-refractivity contribution in [1.82, 2.24) is 4.31 Å². The molecule has 0 bridgehead atoms. The molecular formula is C9H6Cl3NO3S. The molecule has 2 rings (SSSR count). The molecule has 1 aliphatic heterocycles. The number of benzene rings is 1. The summed E-state index contributed by atoms with van der Waals surface area (Å²) in [5, 5.41) is 0.612. The van der Waals surface area contributed by atoms with E-state index in [0.29, 0.717) is 19.9 Å². The first-order chi connectivity index (χ1) is 7.82. The van der Waals surface area contributed by atoms with Crippen LogP contribution < -0.4 is 0 Å². The molecule has 0 spiro atoms. The van der Waals surface area contributed by atoms with Gasteiger partial charge in [0, 0.05) is 26.3 Å². The number of β-lactam (4-membered cyclic amide) rings is 1. The third-order valence-corrected chi connectivity index (χ3v) is 4.50. The van der Waals surface area contributed by atoms with Crippen LogP contribution >= 0.6 is 33.9 Å². The van der Waals surface area contributed by atoms with Crippen LogP contribution in [0.1, 0.15) is 18.0 Å². The Morgan fingerprint density at radius 1 is 1.24 bits per heavy atom. The molecule has 1 aromatic rings. The summed E-state index contributed by atoms with van der Waals surface area (Å²) in [7, 11) is 1.06. The Morgan fingerprint density at radius 3 is 2.18 bits per heavy atom. The highest BCUT2D eigenvalue weighted by Gasteiger charge is 2.46. The zero-order valence-corrected chi connectivity index (χ0v) is 11.3. The molecule has 4 nitrogen and oxygen atoms in total. The van der Waals surface area contributed by atoms with Gasteiger partial charge in [0.1, 0.15) is 0 Å². The van der Waals surface area contributed by atoms with Gasteiger partial charge in [0.15, 0.2) is 0 Å². The van der Waals surface area contributed by atoms with Crippen LogP contribution in [0, 0.1) is 0 Å². The largest absolute Gasteiger partial charge is 0.324 e. The summed E-state index contributed by atoms with van der Waals surface area (Å²) in [6.07, 6.45) is 0.0232. The normalized spacial score (nSPS) is 20.3. The van der Waals surface area contributed by atoms with Crippen LogP contribution in [0.15, 0.2) is 18.2 Å². The monoisotopic (exact) mass is 313 g/mol. The third kappa shape index (κ3) is 2.25. The van der Waals surface area contributed by atoms with Gasteiger partial charge in [-0.15, -0.1) is 0 Å². The first-order valence-electron chi connectivity index (χ1n) is 4.53. The highest BCUT2D eigenvalue weighted by Crippen LogP contribution is 2.43. The van der Waals surface area contributed by atoms with E-state index < -0.39 is 21.2 Å². The topological polar surface area (TPSA) is 54.5 Å². The Labute approximate surface area is 113 Å². The maximum Gasteiger partial charge on any atom is 0.324 e. The van der Waals surface area contributed by atoms with Crippen molar-refractivity contribution in [2.45, 2.75) is 12.5 Å². The lowest BCUT2D eigenvalue weighted by molar-refractivity contribution is -0.137. The Balaban J connectivity index is 2.47. The third-order valence-electron chi connectivity index (χ3n) is 2.46. The lowest BCUT2D eigenvalue weighted by Crippen LogP contribution is -2.48. The van der Waals surface area contributed by atoms with Crippen molar-refractivity contribution >= 4 is 49.0 Å². The highest BCUT2D eigenvalue weighted by molar-refractivity contribution is 8.12. The van der Waals surface area contributed by atoms with Crippen molar-refractivity contribution in [2.75, 3.05) is 0 Å². The van der Waals surface area contributed by atoms with Crippen LogP contribution in [0.5, 0.6) is 0 Å². The Hall–Kier alpha value is -0.490. The molecule has 1 unspecified atom stereocenters. The highest BCUT2D eigenvalue weighted by atomic mass is 35.7. The zero-order valence-electron chi connectivity index (χ0n) is 8.23. The number of nitrogens with zero attached hydrogens (tertiary/aromatic N) is 1. The maximum absolute atomic E-state index is 11.3. The molecule has 0 aliphatic carbocycles. The van der Waals surface area contributed by atoms with Gasteiger partial charge in [0.25, 0.3) is 0 Å². The second kappa shape index (κ2) is 4.31. The van der Waals surface area contributed by atoms with E-state index in [-0.39, 0.29) is 6.42 Å². The van der Waals surface area contributed by atoms with E-state index >= 15 is 0 Å². The minimum absolute atomic E-state index is 0.0232. The summed E-state index contributed by atoms with van der Waals surface area (Å²) in [6.45, 7) is 0. The molecule has 1 heterocycles. The fourth-order valence-corrected chi connectivity index (χ4v) is 3.69. The van der Waals surface area contributed by atoms with Gasteiger partial charge in [-0.05, 0) is 12.1 Å². The van der Waals surface area contributed by atoms with Crippen LogP contribution in [0.25, 0.3) is 0 Å². The van der Waals surface area contributed by atoms with Crippen molar-refractivity contribution in [3.05, 3.63) is 33.8 Å². The van der Waals surface area contributed by atoms with Crippen LogP contribution in [-0.4, -0.2) is 18.6 Å². The first-order valence-corrected chi connectivity index (χ1v) is 7.55. The number of hydrogen-bond acceptors (Lipinski definition) is 3. The van der Waals surface area contributed by atoms with E-state index in [2.05, 4.69) is 0 Å². The molecule has 1 aliphatic rings. The first kappa shape index (κ1) is 13.0. The van der Waals surface area contributed by atoms with Crippen molar-refractivity contribution in [1.29, 1.82) is 0 Å². The SMILES string of the molecule is O=C1CC(c2c(Cl)cccc2Cl)N1S(=O)(=O)Cl. The van der Waals surface area contributed by atoms with Gasteiger partial charge in [0.05, 0.1) is 12.5 Å². The van der Waals surface area contributed by atoms with E-state index in [1.54, 1.807) is 18.2 Å². The lowest BCUT2D eigenvalue weighted by atomic mass is 9.97. The molecule has 92 valence electrons. The van der Waals surface area contributed by atoms with Crippen molar-refractivity contribution in [2.24, 2.45) is 0 Å². The lowest BCUT2D eigenvalue weighted by Gasteiger charge is -2.38. The Morgan fingerprint density at radius 2 is 1.76 bits per heavy atom. The molecule has 1 saturated heterocycles. The number of hydrogen-bond donors (Lipinski definition) is 0. The van der Waals surface area contributed by atoms with Gasteiger partial charge in [-0.1, -0.05) is 29.3 Å².